The van der Waals surface area contributed by atoms with Gasteiger partial charge in [0.2, 0.25) is 0 Å². The van der Waals surface area contributed by atoms with Crippen LogP contribution in [0.15, 0.2) is 71.3 Å². The van der Waals surface area contributed by atoms with E-state index in [4.69, 9.17) is 4.42 Å². The number of benzene rings is 1. The van der Waals surface area contributed by atoms with E-state index in [1.807, 2.05) is 82.3 Å². The summed E-state index contributed by atoms with van der Waals surface area (Å²) in [7, 11) is 0. The van der Waals surface area contributed by atoms with Crippen molar-refractivity contribution < 1.29 is 9.21 Å². The van der Waals surface area contributed by atoms with E-state index in [9.17, 15) is 4.79 Å². The third-order valence-electron chi connectivity index (χ3n) is 3.89. The largest absolute Gasteiger partial charge is 0.459 e. The van der Waals surface area contributed by atoms with Gasteiger partial charge in [0.25, 0.3) is 5.91 Å². The van der Waals surface area contributed by atoms with Crippen LogP contribution in [0.5, 0.6) is 0 Å². The van der Waals surface area contributed by atoms with Crippen molar-refractivity contribution in [1.82, 2.24) is 10.3 Å². The van der Waals surface area contributed by atoms with Gasteiger partial charge in [-0.1, -0.05) is 38.1 Å². The number of hydrogen-bond donors (Lipinski definition) is 1. The number of nitrogens with one attached hydrogen (secondary N) is 1. The third-order valence-corrected chi connectivity index (χ3v) is 3.89. The van der Waals surface area contributed by atoms with Gasteiger partial charge in [-0.2, -0.15) is 0 Å². The first-order valence-electron chi connectivity index (χ1n) is 9.22. The highest BCUT2D eigenvalue weighted by atomic mass is 16.3. The standard InChI is InChI=1S/C21H20N2O2.C2H6/c1-3-6-15(4-2)20-11-9-18(25-20)14-23-21(24)17-8-10-19-16(13-17)7-5-12-22-19;1-2/h3-13H,14H2,1-2H3,(H,23,24);1-2H3/b6-3-,15-4+;. The van der Waals surface area contributed by atoms with Crippen LogP contribution in [0.4, 0.5) is 0 Å². The molecule has 140 valence electrons. The molecular weight excluding hydrogens is 336 g/mol. The maximum absolute atomic E-state index is 12.4. The molecule has 0 unspecified atom stereocenters. The predicted molar refractivity (Wildman–Crippen MR) is 111 cm³/mol. The molecule has 27 heavy (non-hydrogen) atoms. The lowest BCUT2D eigenvalue weighted by Crippen LogP contribution is -2.22. The molecule has 0 atom stereocenters. The minimum atomic E-state index is -0.136. The van der Waals surface area contributed by atoms with Gasteiger partial charge in [0.15, 0.2) is 0 Å². The topological polar surface area (TPSA) is 55.1 Å². The molecule has 2 heterocycles. The Morgan fingerprint density at radius 3 is 2.70 bits per heavy atom. The van der Waals surface area contributed by atoms with Crippen molar-refractivity contribution in [2.75, 3.05) is 0 Å². The number of amides is 1. The molecule has 1 amide bonds. The van der Waals surface area contributed by atoms with Crippen molar-refractivity contribution in [3.63, 3.8) is 0 Å². The van der Waals surface area contributed by atoms with Gasteiger partial charge in [-0.15, -0.1) is 0 Å². The van der Waals surface area contributed by atoms with Crippen LogP contribution in [0.2, 0.25) is 0 Å². The van der Waals surface area contributed by atoms with Gasteiger partial charge >= 0.3 is 0 Å². The summed E-state index contributed by atoms with van der Waals surface area (Å²) in [6, 6.07) is 13.1. The van der Waals surface area contributed by atoms with Crippen LogP contribution in [-0.4, -0.2) is 10.9 Å². The highest BCUT2D eigenvalue weighted by molar-refractivity contribution is 5.97. The zero-order valence-electron chi connectivity index (χ0n) is 16.3. The fourth-order valence-electron chi connectivity index (χ4n) is 2.61. The van der Waals surface area contributed by atoms with E-state index in [2.05, 4.69) is 10.3 Å². The molecule has 0 aliphatic heterocycles. The molecular formula is C23H26N2O2. The van der Waals surface area contributed by atoms with E-state index in [0.717, 1.165) is 28.0 Å². The van der Waals surface area contributed by atoms with Gasteiger partial charge < -0.3 is 9.73 Å². The van der Waals surface area contributed by atoms with Crippen LogP contribution >= 0.6 is 0 Å². The number of carbonyl (C=O) groups excluding carboxylic acids is 1. The van der Waals surface area contributed by atoms with Crippen LogP contribution in [-0.2, 0) is 6.54 Å². The molecule has 0 saturated heterocycles. The van der Waals surface area contributed by atoms with Gasteiger partial charge in [-0.25, -0.2) is 0 Å². The maximum atomic E-state index is 12.4. The van der Waals surface area contributed by atoms with Crippen molar-refractivity contribution >= 4 is 22.4 Å². The van der Waals surface area contributed by atoms with Crippen LogP contribution in [0.3, 0.4) is 0 Å². The molecule has 0 spiro atoms. The molecule has 0 radical (unpaired) electrons. The highest BCUT2D eigenvalue weighted by Gasteiger charge is 2.09. The Balaban J connectivity index is 0.00000126. The van der Waals surface area contributed by atoms with Crippen LogP contribution in [0, 0.1) is 0 Å². The average molecular weight is 362 g/mol. The summed E-state index contributed by atoms with van der Waals surface area (Å²) >= 11 is 0. The van der Waals surface area contributed by atoms with Gasteiger partial charge in [0.1, 0.15) is 11.5 Å². The summed E-state index contributed by atoms with van der Waals surface area (Å²) in [6.45, 7) is 8.28. The molecule has 1 aromatic carbocycles. The Kier molecular flexibility index (Phi) is 7.56. The molecule has 0 aliphatic carbocycles. The van der Waals surface area contributed by atoms with E-state index in [-0.39, 0.29) is 5.91 Å². The predicted octanol–water partition coefficient (Wildman–Crippen LogP) is 5.76. The number of hydrogen-bond acceptors (Lipinski definition) is 3. The van der Waals surface area contributed by atoms with Crippen molar-refractivity contribution in [1.29, 1.82) is 0 Å². The van der Waals surface area contributed by atoms with Gasteiger partial charge in [0.05, 0.1) is 12.1 Å². The lowest BCUT2D eigenvalue weighted by atomic mass is 10.1. The molecule has 1 N–H and O–H groups in total. The molecule has 0 bridgehead atoms. The van der Waals surface area contributed by atoms with Crippen LogP contribution in [0.25, 0.3) is 16.5 Å². The maximum Gasteiger partial charge on any atom is 0.251 e. The first kappa shape index (κ1) is 20.2. The fraction of sp³-hybridized carbons (Fsp3) is 0.217. The van der Waals surface area contributed by atoms with E-state index in [1.165, 1.54) is 0 Å². The first-order valence-corrected chi connectivity index (χ1v) is 9.22. The molecule has 0 aliphatic rings. The molecule has 3 aromatic rings. The summed E-state index contributed by atoms with van der Waals surface area (Å²) in [4.78, 5) is 16.6. The zero-order valence-corrected chi connectivity index (χ0v) is 16.3. The van der Waals surface area contributed by atoms with Crippen LogP contribution < -0.4 is 5.32 Å². The Morgan fingerprint density at radius 1 is 1.15 bits per heavy atom. The quantitative estimate of drug-likeness (QED) is 0.587. The molecule has 2 aromatic heterocycles. The smallest absolute Gasteiger partial charge is 0.251 e. The number of rotatable bonds is 5. The summed E-state index contributed by atoms with van der Waals surface area (Å²) in [5.74, 6) is 1.37. The average Bonchev–Trinajstić information content (AvgIpc) is 3.20. The van der Waals surface area contributed by atoms with E-state index < -0.39 is 0 Å². The zero-order chi connectivity index (χ0) is 19.6. The van der Waals surface area contributed by atoms with Crippen molar-refractivity contribution in [2.24, 2.45) is 0 Å². The second-order valence-electron chi connectivity index (χ2n) is 5.60. The normalized spacial score (nSPS) is 11.3. The third kappa shape index (κ3) is 5.17. The Hall–Kier alpha value is -3.14. The number of nitrogens with zero attached hydrogens (tertiary/aromatic N) is 1. The number of allylic oxidation sites excluding steroid dienone is 4. The van der Waals surface area contributed by atoms with Gasteiger partial charge in [0, 0.05) is 22.7 Å². The Labute approximate surface area is 160 Å². The summed E-state index contributed by atoms with van der Waals surface area (Å²) in [5, 5.41) is 3.84. The Bertz CT molecular complexity index is 952. The lowest BCUT2D eigenvalue weighted by molar-refractivity contribution is 0.0948. The number of aromatic nitrogens is 1. The monoisotopic (exact) mass is 362 g/mol. The van der Waals surface area contributed by atoms with Crippen molar-refractivity contribution in [3.05, 3.63) is 84.0 Å². The minimum absolute atomic E-state index is 0.136. The second-order valence-corrected chi connectivity index (χ2v) is 5.60. The lowest BCUT2D eigenvalue weighted by Gasteiger charge is -2.05. The van der Waals surface area contributed by atoms with Gasteiger partial charge in [-0.3, -0.25) is 9.78 Å². The second kappa shape index (κ2) is 10.1. The number of fused-ring (bicyclic) bond motifs is 1. The van der Waals surface area contributed by atoms with E-state index >= 15 is 0 Å². The molecule has 4 heteroatoms. The van der Waals surface area contributed by atoms with Crippen LogP contribution in [0.1, 0.15) is 49.6 Å². The summed E-state index contributed by atoms with van der Waals surface area (Å²) < 4.78 is 5.80. The molecule has 0 saturated carbocycles. The molecule has 0 fully saturated rings. The van der Waals surface area contributed by atoms with Crippen molar-refractivity contribution in [2.45, 2.75) is 34.2 Å². The number of furan rings is 1. The molecule has 4 nitrogen and oxygen atoms in total. The summed E-state index contributed by atoms with van der Waals surface area (Å²) in [5.41, 5.74) is 2.50. The fourth-order valence-corrected chi connectivity index (χ4v) is 2.61. The van der Waals surface area contributed by atoms with Crippen molar-refractivity contribution in [3.8, 4) is 0 Å². The highest BCUT2D eigenvalue weighted by Crippen LogP contribution is 2.19. The number of carbonyl (C=O) groups is 1. The Morgan fingerprint density at radius 2 is 1.96 bits per heavy atom. The minimum Gasteiger partial charge on any atom is -0.459 e. The van der Waals surface area contributed by atoms with Gasteiger partial charge in [-0.05, 0) is 50.2 Å². The van der Waals surface area contributed by atoms with E-state index in [1.54, 1.807) is 12.3 Å². The van der Waals surface area contributed by atoms with E-state index in [0.29, 0.717) is 12.1 Å². The molecule has 3 rings (SSSR count). The summed E-state index contributed by atoms with van der Waals surface area (Å²) in [6.07, 6.45) is 7.69. The SMILES string of the molecule is C/C=C\C(=C/C)c1ccc(CNC(=O)c2ccc3ncccc3c2)o1.CC. The number of pyridine rings is 1. The first-order chi connectivity index (χ1) is 13.2.